The van der Waals surface area contributed by atoms with Crippen LogP contribution in [0.3, 0.4) is 0 Å². The molecule has 0 radical (unpaired) electrons. The van der Waals surface area contributed by atoms with Crippen molar-refractivity contribution in [3.8, 4) is 0 Å². The summed E-state index contributed by atoms with van der Waals surface area (Å²) in [4.78, 5) is 19.7. The fourth-order valence-corrected chi connectivity index (χ4v) is 3.01. The van der Waals surface area contributed by atoms with Crippen LogP contribution in [0.25, 0.3) is 0 Å². The molecule has 1 N–H and O–H groups in total. The number of hydrogen-bond donors (Lipinski definition) is 1. The molecule has 0 unspecified atom stereocenters. The predicted molar refractivity (Wildman–Crippen MR) is 92.5 cm³/mol. The first-order valence-electron chi connectivity index (χ1n) is 8.37. The van der Waals surface area contributed by atoms with E-state index in [9.17, 15) is 4.79 Å². The Balaban J connectivity index is 1.52. The van der Waals surface area contributed by atoms with Gasteiger partial charge in [0, 0.05) is 38.9 Å². The first-order chi connectivity index (χ1) is 11.1. The van der Waals surface area contributed by atoms with E-state index >= 15 is 0 Å². The van der Waals surface area contributed by atoms with Crippen molar-refractivity contribution in [1.29, 1.82) is 0 Å². The highest BCUT2D eigenvalue weighted by Gasteiger charge is 2.22. The zero-order chi connectivity index (χ0) is 16.2. The second-order valence-electron chi connectivity index (χ2n) is 6.55. The molecule has 122 valence electrons. The van der Waals surface area contributed by atoms with E-state index in [1.807, 2.05) is 17.0 Å². The van der Waals surface area contributed by atoms with Crippen molar-refractivity contribution in [3.05, 3.63) is 59.4 Å². The first kappa shape index (κ1) is 15.8. The number of aromatic amines is 1. The number of benzene rings is 1. The van der Waals surface area contributed by atoms with Gasteiger partial charge in [-0.15, -0.1) is 0 Å². The number of hydrogen-bond acceptors (Lipinski definition) is 2. The van der Waals surface area contributed by atoms with Crippen molar-refractivity contribution < 1.29 is 4.79 Å². The van der Waals surface area contributed by atoms with Gasteiger partial charge in [0.1, 0.15) is 5.69 Å². The first-order valence-corrected chi connectivity index (χ1v) is 8.37. The maximum atomic E-state index is 12.3. The normalized spacial score (nSPS) is 16.0. The summed E-state index contributed by atoms with van der Waals surface area (Å²) in [7, 11) is 0. The lowest BCUT2D eigenvalue weighted by Crippen LogP contribution is -2.48. The fraction of sp³-hybridized carbons (Fsp3) is 0.421. The van der Waals surface area contributed by atoms with E-state index in [1.54, 1.807) is 6.20 Å². The van der Waals surface area contributed by atoms with Crippen LogP contribution in [-0.2, 0) is 6.54 Å². The molecule has 4 heteroatoms. The minimum Gasteiger partial charge on any atom is -0.357 e. The zero-order valence-corrected chi connectivity index (χ0v) is 14.0. The van der Waals surface area contributed by atoms with Gasteiger partial charge in [-0.2, -0.15) is 0 Å². The van der Waals surface area contributed by atoms with E-state index in [-0.39, 0.29) is 5.91 Å². The predicted octanol–water partition coefficient (Wildman–Crippen LogP) is 3.10. The molecule has 1 aromatic carbocycles. The standard InChI is InChI=1S/C19H25N3O/c1-15(2)17-7-5-16(6-8-17)14-21-10-12-22(13-11-21)19(23)18-4-3-9-20-18/h3-9,15,20H,10-14H2,1-2H3. The Morgan fingerprint density at radius 3 is 2.35 bits per heavy atom. The molecule has 0 aliphatic carbocycles. The molecule has 2 aromatic rings. The lowest BCUT2D eigenvalue weighted by Gasteiger charge is -2.34. The Labute approximate surface area is 138 Å². The third-order valence-electron chi connectivity index (χ3n) is 4.54. The average molecular weight is 311 g/mol. The van der Waals surface area contributed by atoms with Crippen molar-refractivity contribution in [2.45, 2.75) is 26.3 Å². The number of H-pyrrole nitrogens is 1. The molecule has 1 aliphatic rings. The average Bonchev–Trinajstić information content (AvgIpc) is 3.10. The number of rotatable bonds is 4. The molecular weight excluding hydrogens is 286 g/mol. The van der Waals surface area contributed by atoms with Crippen molar-refractivity contribution in [2.75, 3.05) is 26.2 Å². The van der Waals surface area contributed by atoms with Crippen molar-refractivity contribution >= 4 is 5.91 Å². The number of carbonyl (C=O) groups is 1. The number of piperazine rings is 1. The van der Waals surface area contributed by atoms with Crippen LogP contribution in [0, 0.1) is 0 Å². The second kappa shape index (κ2) is 7.01. The van der Waals surface area contributed by atoms with Crippen molar-refractivity contribution in [1.82, 2.24) is 14.8 Å². The van der Waals surface area contributed by atoms with Crippen LogP contribution in [0.4, 0.5) is 0 Å². The summed E-state index contributed by atoms with van der Waals surface area (Å²) in [5.41, 5.74) is 3.41. The van der Waals surface area contributed by atoms with Crippen LogP contribution in [0.1, 0.15) is 41.4 Å². The summed E-state index contributed by atoms with van der Waals surface area (Å²) >= 11 is 0. The summed E-state index contributed by atoms with van der Waals surface area (Å²) in [6.45, 7) is 8.84. The maximum absolute atomic E-state index is 12.3. The summed E-state index contributed by atoms with van der Waals surface area (Å²) in [6, 6.07) is 12.6. The highest BCUT2D eigenvalue weighted by atomic mass is 16.2. The number of aromatic nitrogens is 1. The highest BCUT2D eigenvalue weighted by Crippen LogP contribution is 2.16. The third-order valence-corrected chi connectivity index (χ3v) is 4.54. The Morgan fingerprint density at radius 1 is 1.09 bits per heavy atom. The van der Waals surface area contributed by atoms with Gasteiger partial charge in [0.15, 0.2) is 0 Å². The fourth-order valence-electron chi connectivity index (χ4n) is 3.01. The third kappa shape index (κ3) is 3.82. The Hall–Kier alpha value is -2.07. The van der Waals surface area contributed by atoms with Gasteiger partial charge in [-0.3, -0.25) is 9.69 Å². The number of nitrogens with zero attached hydrogens (tertiary/aromatic N) is 2. The number of nitrogens with one attached hydrogen (secondary N) is 1. The molecule has 0 bridgehead atoms. The van der Waals surface area contributed by atoms with E-state index in [2.05, 4.69) is 48.0 Å². The van der Waals surface area contributed by atoms with Gasteiger partial charge in [-0.25, -0.2) is 0 Å². The topological polar surface area (TPSA) is 39.3 Å². The largest absolute Gasteiger partial charge is 0.357 e. The molecule has 1 aromatic heterocycles. The molecular formula is C19H25N3O. The van der Waals surface area contributed by atoms with E-state index in [1.165, 1.54) is 11.1 Å². The Kier molecular flexibility index (Phi) is 4.82. The molecule has 1 fully saturated rings. The molecule has 0 saturated carbocycles. The molecule has 2 heterocycles. The number of carbonyl (C=O) groups excluding carboxylic acids is 1. The van der Waals surface area contributed by atoms with Crippen molar-refractivity contribution in [3.63, 3.8) is 0 Å². The molecule has 3 rings (SSSR count). The molecule has 0 spiro atoms. The summed E-state index contributed by atoms with van der Waals surface area (Å²) in [5.74, 6) is 0.683. The SMILES string of the molecule is CC(C)c1ccc(CN2CCN(C(=O)c3ccc[nH]3)CC2)cc1. The second-order valence-corrected chi connectivity index (χ2v) is 6.55. The van der Waals surface area contributed by atoms with E-state index in [0.29, 0.717) is 11.6 Å². The summed E-state index contributed by atoms with van der Waals surface area (Å²) in [5, 5.41) is 0. The molecule has 1 amide bonds. The molecule has 0 atom stereocenters. The van der Waals surface area contributed by atoms with Gasteiger partial charge in [0.25, 0.3) is 5.91 Å². The number of amides is 1. The van der Waals surface area contributed by atoms with E-state index in [0.717, 1.165) is 32.7 Å². The van der Waals surface area contributed by atoms with Gasteiger partial charge < -0.3 is 9.88 Å². The van der Waals surface area contributed by atoms with Gasteiger partial charge in [0.2, 0.25) is 0 Å². The highest BCUT2D eigenvalue weighted by molar-refractivity contribution is 5.92. The van der Waals surface area contributed by atoms with E-state index < -0.39 is 0 Å². The quantitative estimate of drug-likeness (QED) is 0.942. The van der Waals surface area contributed by atoms with Gasteiger partial charge in [-0.1, -0.05) is 38.1 Å². The van der Waals surface area contributed by atoms with Crippen molar-refractivity contribution in [2.24, 2.45) is 0 Å². The minimum absolute atomic E-state index is 0.107. The van der Waals surface area contributed by atoms with Gasteiger partial charge in [-0.05, 0) is 29.2 Å². The summed E-state index contributed by atoms with van der Waals surface area (Å²) < 4.78 is 0. The smallest absolute Gasteiger partial charge is 0.270 e. The summed E-state index contributed by atoms with van der Waals surface area (Å²) in [6.07, 6.45) is 1.80. The molecule has 1 aliphatic heterocycles. The monoisotopic (exact) mass is 311 g/mol. The van der Waals surface area contributed by atoms with Crippen LogP contribution in [-0.4, -0.2) is 46.9 Å². The lowest BCUT2D eigenvalue weighted by molar-refractivity contribution is 0.0623. The molecule has 4 nitrogen and oxygen atoms in total. The van der Waals surface area contributed by atoms with Gasteiger partial charge >= 0.3 is 0 Å². The van der Waals surface area contributed by atoms with Crippen LogP contribution in [0.2, 0.25) is 0 Å². The Morgan fingerprint density at radius 2 is 1.78 bits per heavy atom. The Bertz CT molecular complexity index is 623. The van der Waals surface area contributed by atoms with Gasteiger partial charge in [0.05, 0.1) is 0 Å². The minimum atomic E-state index is 0.107. The van der Waals surface area contributed by atoms with Crippen LogP contribution in [0.15, 0.2) is 42.6 Å². The molecule has 1 saturated heterocycles. The van der Waals surface area contributed by atoms with Crippen LogP contribution in [0.5, 0.6) is 0 Å². The molecule has 23 heavy (non-hydrogen) atoms. The lowest BCUT2D eigenvalue weighted by atomic mass is 10.0. The van der Waals surface area contributed by atoms with Crippen LogP contribution < -0.4 is 0 Å². The zero-order valence-electron chi connectivity index (χ0n) is 14.0. The van der Waals surface area contributed by atoms with Crippen LogP contribution >= 0.6 is 0 Å². The van der Waals surface area contributed by atoms with E-state index in [4.69, 9.17) is 0 Å². The maximum Gasteiger partial charge on any atom is 0.270 e.